The van der Waals surface area contributed by atoms with Crippen molar-refractivity contribution in [2.45, 2.75) is 18.9 Å². The molecule has 0 radical (unpaired) electrons. The number of aromatic nitrogens is 2. The topological polar surface area (TPSA) is 87.0 Å². The van der Waals surface area contributed by atoms with Crippen LogP contribution >= 0.6 is 0 Å². The predicted molar refractivity (Wildman–Crippen MR) is 148 cm³/mol. The van der Waals surface area contributed by atoms with E-state index in [1.165, 1.54) is 12.3 Å². The van der Waals surface area contributed by atoms with Gasteiger partial charge in [-0.2, -0.15) is 0 Å². The van der Waals surface area contributed by atoms with Gasteiger partial charge in [-0.05, 0) is 68.9 Å². The van der Waals surface area contributed by atoms with Crippen LogP contribution in [0.15, 0.2) is 79.7 Å². The Hall–Kier alpha value is -4.23. The van der Waals surface area contributed by atoms with Gasteiger partial charge in [-0.1, -0.05) is 36.9 Å². The van der Waals surface area contributed by atoms with Crippen molar-refractivity contribution in [3.8, 4) is 11.1 Å². The zero-order chi connectivity index (χ0) is 25.9. The van der Waals surface area contributed by atoms with Crippen LogP contribution in [0.5, 0.6) is 0 Å². The number of likely N-dealkylation sites (tertiary alicyclic amines) is 1. The molecule has 1 saturated heterocycles. The molecule has 0 aliphatic carbocycles. The number of carbonyl (C=O) groups is 1. The molecular formula is C30H30FN5O. The molecule has 2 aromatic heterocycles. The number of rotatable bonds is 6. The molecule has 0 saturated carbocycles. The molecule has 3 heterocycles. The molecule has 1 amide bonds. The highest BCUT2D eigenvalue weighted by molar-refractivity contribution is 6.14. The van der Waals surface area contributed by atoms with Crippen LogP contribution in [0.2, 0.25) is 0 Å². The number of aromatic amines is 1. The van der Waals surface area contributed by atoms with Gasteiger partial charge in [-0.15, -0.1) is 0 Å². The number of halogens is 1. The standard InChI is InChI=1S/C30H30FN5O/c1-3-4-5-21(17-32)26-16-23-27(18-33-26)35-25-11-10-24(31)28(29(23)25)19-6-8-20(9-7-19)30(37)34-22-12-14-36(2)15-13-22/h3-11,16-18,22,35H,1,12-15,32H2,2H3,(H,34,37)/b5-4-,21-17+. The number of hydrogen-bond acceptors (Lipinski definition) is 4. The quantitative estimate of drug-likeness (QED) is 0.313. The SMILES string of the molecule is C=C/C=C\C(=C/N)c1cc2c(cn1)[nH]c1ccc(F)c(-c3ccc(C(=O)NC4CCN(C)CC4)cc3)c12. The van der Waals surface area contributed by atoms with E-state index in [1.807, 2.05) is 12.1 Å². The van der Waals surface area contributed by atoms with Crippen molar-refractivity contribution in [2.75, 3.05) is 20.1 Å². The van der Waals surface area contributed by atoms with Gasteiger partial charge >= 0.3 is 0 Å². The smallest absolute Gasteiger partial charge is 0.251 e. The molecule has 37 heavy (non-hydrogen) atoms. The summed E-state index contributed by atoms with van der Waals surface area (Å²) in [6, 6.07) is 12.4. The van der Waals surface area contributed by atoms with Crippen molar-refractivity contribution in [3.05, 3.63) is 96.7 Å². The number of nitrogens with two attached hydrogens (primary N) is 1. The second kappa shape index (κ2) is 10.4. The van der Waals surface area contributed by atoms with Crippen molar-refractivity contribution in [3.63, 3.8) is 0 Å². The lowest BCUT2D eigenvalue weighted by atomic mass is 9.97. The summed E-state index contributed by atoms with van der Waals surface area (Å²) in [5, 5.41) is 4.73. The lowest BCUT2D eigenvalue weighted by Gasteiger charge is -2.29. The summed E-state index contributed by atoms with van der Waals surface area (Å²) >= 11 is 0. The molecule has 188 valence electrons. The number of fused-ring (bicyclic) bond motifs is 3. The van der Waals surface area contributed by atoms with Crippen molar-refractivity contribution in [2.24, 2.45) is 5.73 Å². The van der Waals surface area contributed by atoms with Crippen molar-refractivity contribution >= 4 is 33.3 Å². The maximum atomic E-state index is 15.3. The first kappa shape index (κ1) is 24.5. The van der Waals surface area contributed by atoms with E-state index in [4.69, 9.17) is 5.73 Å². The van der Waals surface area contributed by atoms with Crippen LogP contribution in [-0.2, 0) is 0 Å². The zero-order valence-electron chi connectivity index (χ0n) is 20.8. The second-order valence-corrected chi connectivity index (χ2v) is 9.43. The largest absolute Gasteiger partial charge is 0.404 e. The molecular weight excluding hydrogens is 465 g/mol. The lowest BCUT2D eigenvalue weighted by Crippen LogP contribution is -2.43. The first-order chi connectivity index (χ1) is 18.0. The maximum Gasteiger partial charge on any atom is 0.251 e. The minimum atomic E-state index is -0.337. The molecule has 0 unspecified atom stereocenters. The van der Waals surface area contributed by atoms with E-state index in [0.717, 1.165) is 53.3 Å². The van der Waals surface area contributed by atoms with Crippen LogP contribution in [-0.4, -0.2) is 47.0 Å². The van der Waals surface area contributed by atoms with Gasteiger partial charge in [0.15, 0.2) is 0 Å². The first-order valence-electron chi connectivity index (χ1n) is 12.4. The first-order valence-corrected chi connectivity index (χ1v) is 12.4. The minimum absolute atomic E-state index is 0.101. The van der Waals surface area contributed by atoms with E-state index < -0.39 is 0 Å². The van der Waals surface area contributed by atoms with Crippen LogP contribution in [0.1, 0.15) is 28.9 Å². The number of nitrogens with one attached hydrogen (secondary N) is 2. The average Bonchev–Trinajstić information content (AvgIpc) is 3.28. The summed E-state index contributed by atoms with van der Waals surface area (Å²) in [5.74, 6) is -0.437. The molecule has 0 atom stereocenters. The fourth-order valence-corrected chi connectivity index (χ4v) is 4.92. The van der Waals surface area contributed by atoms with Gasteiger partial charge in [0, 0.05) is 45.2 Å². The molecule has 4 N–H and O–H groups in total. The van der Waals surface area contributed by atoms with Gasteiger partial charge in [0.05, 0.1) is 17.4 Å². The number of pyridine rings is 1. The molecule has 4 aromatic rings. The number of H-pyrrole nitrogens is 1. The number of amides is 1. The van der Waals surface area contributed by atoms with Crippen molar-refractivity contribution in [1.82, 2.24) is 20.2 Å². The maximum absolute atomic E-state index is 15.3. The van der Waals surface area contributed by atoms with Gasteiger partial charge in [0.2, 0.25) is 0 Å². The summed E-state index contributed by atoms with van der Waals surface area (Å²) in [6.07, 6.45) is 10.4. The Morgan fingerprint density at radius 3 is 2.65 bits per heavy atom. The molecule has 0 bridgehead atoms. The van der Waals surface area contributed by atoms with Crippen LogP contribution in [0.25, 0.3) is 38.5 Å². The van der Waals surface area contributed by atoms with Crippen molar-refractivity contribution < 1.29 is 9.18 Å². The highest BCUT2D eigenvalue weighted by atomic mass is 19.1. The third-order valence-corrected chi connectivity index (χ3v) is 6.97. The van der Waals surface area contributed by atoms with Crippen LogP contribution in [0, 0.1) is 5.82 Å². The van der Waals surface area contributed by atoms with E-state index in [-0.39, 0.29) is 17.8 Å². The van der Waals surface area contributed by atoms with Gasteiger partial charge in [0.25, 0.3) is 5.91 Å². The highest BCUT2D eigenvalue weighted by Gasteiger charge is 2.20. The monoisotopic (exact) mass is 495 g/mol. The molecule has 0 spiro atoms. The van der Waals surface area contributed by atoms with Crippen LogP contribution in [0.3, 0.4) is 0 Å². The summed E-state index contributed by atoms with van der Waals surface area (Å²) < 4.78 is 15.3. The number of nitrogens with zero attached hydrogens (tertiary/aromatic N) is 2. The van der Waals surface area contributed by atoms with E-state index in [9.17, 15) is 4.79 Å². The van der Waals surface area contributed by atoms with Crippen LogP contribution < -0.4 is 11.1 Å². The van der Waals surface area contributed by atoms with Gasteiger partial charge in [-0.3, -0.25) is 9.78 Å². The molecule has 6 nitrogen and oxygen atoms in total. The zero-order valence-corrected chi connectivity index (χ0v) is 20.8. The minimum Gasteiger partial charge on any atom is -0.404 e. The normalized spacial score (nSPS) is 15.6. The van der Waals surface area contributed by atoms with E-state index in [1.54, 1.807) is 48.7 Å². The van der Waals surface area contributed by atoms with Gasteiger partial charge in [0.1, 0.15) is 5.82 Å². The summed E-state index contributed by atoms with van der Waals surface area (Å²) in [4.78, 5) is 23.0. The van der Waals surface area contributed by atoms with Gasteiger partial charge in [-0.25, -0.2) is 4.39 Å². The van der Waals surface area contributed by atoms with Crippen molar-refractivity contribution in [1.29, 1.82) is 0 Å². The third-order valence-electron chi connectivity index (χ3n) is 6.97. The molecule has 7 heteroatoms. The Kier molecular flexibility index (Phi) is 6.88. The predicted octanol–water partition coefficient (Wildman–Crippen LogP) is 5.39. The number of hydrogen-bond donors (Lipinski definition) is 3. The Bertz CT molecular complexity index is 1530. The third kappa shape index (κ3) is 4.90. The van der Waals surface area contributed by atoms with E-state index >= 15 is 4.39 Å². The second-order valence-electron chi connectivity index (χ2n) is 9.43. The van der Waals surface area contributed by atoms with E-state index in [2.05, 4.69) is 33.8 Å². The Morgan fingerprint density at radius 2 is 1.95 bits per heavy atom. The Morgan fingerprint density at radius 1 is 1.19 bits per heavy atom. The fourth-order valence-electron chi connectivity index (χ4n) is 4.92. The molecule has 1 aliphatic rings. The lowest BCUT2D eigenvalue weighted by molar-refractivity contribution is 0.0917. The molecule has 1 fully saturated rings. The molecule has 2 aromatic carbocycles. The number of allylic oxidation sites excluding steroid dienone is 4. The average molecular weight is 496 g/mol. The number of benzene rings is 2. The number of piperidine rings is 1. The summed E-state index contributed by atoms with van der Waals surface area (Å²) in [6.45, 7) is 5.65. The number of carbonyl (C=O) groups excluding carboxylic acids is 1. The molecule has 1 aliphatic heterocycles. The van der Waals surface area contributed by atoms with E-state index in [0.29, 0.717) is 22.4 Å². The Balaban J connectivity index is 1.51. The van der Waals surface area contributed by atoms with Crippen LogP contribution in [0.4, 0.5) is 4.39 Å². The fraction of sp³-hybridized carbons (Fsp3) is 0.200. The summed E-state index contributed by atoms with van der Waals surface area (Å²) in [5.41, 5.74) is 10.6. The van der Waals surface area contributed by atoms with Gasteiger partial charge < -0.3 is 20.9 Å². The Labute approximate surface area is 215 Å². The molecule has 5 rings (SSSR count). The summed E-state index contributed by atoms with van der Waals surface area (Å²) in [7, 11) is 2.09. The highest BCUT2D eigenvalue weighted by Crippen LogP contribution is 2.37.